The minimum atomic E-state index is -1.17. The third kappa shape index (κ3) is 3.86. The fourth-order valence-electron chi connectivity index (χ4n) is 4.19. The van der Waals surface area contributed by atoms with Gasteiger partial charge >= 0.3 is 6.03 Å². The maximum Gasteiger partial charge on any atom is 0.325 e. The van der Waals surface area contributed by atoms with Crippen molar-refractivity contribution < 1.29 is 29.1 Å². The third-order valence-electron chi connectivity index (χ3n) is 6.02. The quantitative estimate of drug-likeness (QED) is 0.574. The molecule has 2 saturated heterocycles. The first-order valence-electron chi connectivity index (χ1n) is 10.2. The highest BCUT2D eigenvalue weighted by Gasteiger charge is 2.49. The van der Waals surface area contributed by atoms with E-state index in [4.69, 9.17) is 9.47 Å². The number of morpholine rings is 1. The smallest absolute Gasteiger partial charge is 0.325 e. The van der Waals surface area contributed by atoms with E-state index in [9.17, 15) is 14.7 Å². The maximum atomic E-state index is 13.2. The fraction of sp³-hybridized carbons (Fsp3) is 0.455. The number of β-amino-alcohol motifs (C(OH)–C–C–N with tert-alkyl or cyclic N) is 1. The standard InChI is InChI=1S/C22H27N3O5/c1-22(17-5-3-16-12-19(29-2)6-4-15(16)11-17)20(27)25(21(28)23-22)14-18(26)13-24-7-9-30-10-8-24/h3-6,11-12,18,26H,7-10,13-14H2,1-2H3,(H,23,28)/p+1/t18-,22+/m0/s1. The highest BCUT2D eigenvalue weighted by molar-refractivity contribution is 6.07. The molecule has 2 aromatic carbocycles. The number of methoxy groups -OCH3 is 1. The molecule has 0 unspecified atom stereocenters. The molecule has 8 heteroatoms. The van der Waals surface area contributed by atoms with E-state index in [1.54, 1.807) is 14.0 Å². The van der Waals surface area contributed by atoms with Crippen LogP contribution in [0.3, 0.4) is 0 Å². The molecular weight excluding hydrogens is 386 g/mol. The van der Waals surface area contributed by atoms with Crippen molar-refractivity contribution in [3.63, 3.8) is 0 Å². The zero-order chi connectivity index (χ0) is 21.3. The summed E-state index contributed by atoms with van der Waals surface area (Å²) in [6, 6.07) is 10.9. The molecule has 2 fully saturated rings. The van der Waals surface area contributed by atoms with Gasteiger partial charge in [0, 0.05) is 0 Å². The Balaban J connectivity index is 1.51. The predicted octanol–water partition coefficient (Wildman–Crippen LogP) is -0.109. The zero-order valence-electron chi connectivity index (χ0n) is 17.3. The van der Waals surface area contributed by atoms with Crippen molar-refractivity contribution in [1.29, 1.82) is 0 Å². The van der Waals surface area contributed by atoms with E-state index in [0.717, 1.165) is 34.5 Å². The molecule has 8 nitrogen and oxygen atoms in total. The van der Waals surface area contributed by atoms with E-state index in [0.29, 0.717) is 25.3 Å². The number of carbonyl (C=O) groups is 2. The second kappa shape index (κ2) is 8.22. The number of nitrogens with one attached hydrogen (secondary N) is 2. The number of benzene rings is 2. The molecule has 4 rings (SSSR count). The van der Waals surface area contributed by atoms with E-state index in [-0.39, 0.29) is 12.5 Å². The molecule has 0 bridgehead atoms. The summed E-state index contributed by atoms with van der Waals surface area (Å²) >= 11 is 0. The summed E-state index contributed by atoms with van der Waals surface area (Å²) in [7, 11) is 1.62. The number of quaternary nitrogens is 1. The minimum Gasteiger partial charge on any atom is -0.497 e. The number of carbonyl (C=O) groups excluding carboxylic acids is 2. The maximum absolute atomic E-state index is 13.2. The van der Waals surface area contributed by atoms with Crippen LogP contribution in [0.2, 0.25) is 0 Å². The predicted molar refractivity (Wildman–Crippen MR) is 110 cm³/mol. The van der Waals surface area contributed by atoms with Crippen molar-refractivity contribution in [2.75, 3.05) is 46.5 Å². The molecule has 0 saturated carbocycles. The van der Waals surface area contributed by atoms with Crippen LogP contribution in [-0.2, 0) is 15.1 Å². The van der Waals surface area contributed by atoms with Crippen LogP contribution in [0.15, 0.2) is 36.4 Å². The van der Waals surface area contributed by atoms with Crippen molar-refractivity contribution >= 4 is 22.7 Å². The lowest BCUT2D eigenvalue weighted by molar-refractivity contribution is -0.910. The number of amides is 3. The highest BCUT2D eigenvalue weighted by Crippen LogP contribution is 2.32. The van der Waals surface area contributed by atoms with E-state index in [2.05, 4.69) is 5.32 Å². The lowest BCUT2D eigenvalue weighted by Gasteiger charge is -2.27. The molecular formula is C22H28N3O5+. The van der Waals surface area contributed by atoms with Gasteiger partial charge in [0.15, 0.2) is 0 Å². The number of imide groups is 1. The zero-order valence-corrected chi connectivity index (χ0v) is 17.3. The van der Waals surface area contributed by atoms with Gasteiger partial charge in [-0.1, -0.05) is 18.2 Å². The SMILES string of the molecule is COc1ccc2cc([C@@]3(C)NC(=O)N(C[C@@H](O)C[NH+]4CCOCC4)C3=O)ccc2c1. The van der Waals surface area contributed by atoms with Crippen LogP contribution >= 0.6 is 0 Å². The van der Waals surface area contributed by atoms with Crippen LogP contribution in [0.1, 0.15) is 12.5 Å². The topological polar surface area (TPSA) is 92.5 Å². The summed E-state index contributed by atoms with van der Waals surface area (Å²) in [6.45, 7) is 5.13. The number of fused-ring (bicyclic) bond motifs is 1. The Kier molecular flexibility index (Phi) is 5.64. The van der Waals surface area contributed by atoms with Crippen LogP contribution in [0.4, 0.5) is 4.79 Å². The van der Waals surface area contributed by atoms with Gasteiger partial charge in [0.25, 0.3) is 5.91 Å². The number of rotatable bonds is 6. The number of aliphatic hydroxyl groups is 1. The Hall–Kier alpha value is -2.68. The van der Waals surface area contributed by atoms with Gasteiger partial charge in [-0.3, -0.25) is 9.69 Å². The molecule has 0 aromatic heterocycles. The minimum absolute atomic E-state index is 0.0185. The summed E-state index contributed by atoms with van der Waals surface area (Å²) in [6.07, 6.45) is -0.779. The lowest BCUT2D eigenvalue weighted by atomic mass is 9.90. The monoisotopic (exact) mass is 414 g/mol. The van der Waals surface area contributed by atoms with Crippen molar-refractivity contribution in [2.24, 2.45) is 0 Å². The number of ether oxygens (including phenoxy) is 2. The molecule has 2 aromatic rings. The van der Waals surface area contributed by atoms with Gasteiger partial charge in [-0.05, 0) is 41.5 Å². The number of urea groups is 1. The Morgan fingerprint density at radius 2 is 1.90 bits per heavy atom. The van der Waals surface area contributed by atoms with E-state index >= 15 is 0 Å². The first-order chi connectivity index (χ1) is 14.4. The van der Waals surface area contributed by atoms with Gasteiger partial charge < -0.3 is 24.8 Å². The van der Waals surface area contributed by atoms with Crippen LogP contribution < -0.4 is 15.0 Å². The summed E-state index contributed by atoms with van der Waals surface area (Å²) in [5.41, 5.74) is -0.467. The molecule has 160 valence electrons. The summed E-state index contributed by atoms with van der Waals surface area (Å²) in [5.74, 6) is 0.408. The van der Waals surface area contributed by atoms with Crippen LogP contribution in [0.5, 0.6) is 5.75 Å². The number of nitrogens with zero attached hydrogens (tertiary/aromatic N) is 1. The van der Waals surface area contributed by atoms with Gasteiger partial charge in [0.2, 0.25) is 0 Å². The van der Waals surface area contributed by atoms with Crippen molar-refractivity contribution in [3.8, 4) is 5.75 Å². The first kappa shape index (κ1) is 20.6. The average molecular weight is 414 g/mol. The van der Waals surface area contributed by atoms with Gasteiger partial charge in [0.1, 0.15) is 37.0 Å². The molecule has 0 radical (unpaired) electrons. The van der Waals surface area contributed by atoms with Crippen LogP contribution in [-0.4, -0.2) is 74.6 Å². The summed E-state index contributed by atoms with van der Waals surface area (Å²) < 4.78 is 10.6. The average Bonchev–Trinajstić information content (AvgIpc) is 2.97. The number of hydrogen-bond donors (Lipinski definition) is 3. The lowest BCUT2D eigenvalue weighted by Crippen LogP contribution is -3.15. The second-order valence-corrected chi connectivity index (χ2v) is 8.12. The van der Waals surface area contributed by atoms with Crippen LogP contribution in [0.25, 0.3) is 10.8 Å². The molecule has 0 spiro atoms. The molecule has 2 aliphatic heterocycles. The van der Waals surface area contributed by atoms with Gasteiger partial charge in [-0.25, -0.2) is 4.79 Å². The first-order valence-corrected chi connectivity index (χ1v) is 10.2. The molecule has 0 aliphatic carbocycles. The summed E-state index contributed by atoms with van der Waals surface area (Å²) in [4.78, 5) is 28.1. The van der Waals surface area contributed by atoms with Crippen molar-refractivity contribution in [3.05, 3.63) is 42.0 Å². The molecule has 2 aliphatic rings. The Bertz CT molecular complexity index is 959. The molecule has 2 atom stereocenters. The molecule has 30 heavy (non-hydrogen) atoms. The van der Waals surface area contributed by atoms with Crippen molar-refractivity contribution in [1.82, 2.24) is 10.2 Å². The van der Waals surface area contributed by atoms with E-state index in [1.807, 2.05) is 36.4 Å². The van der Waals surface area contributed by atoms with Crippen molar-refractivity contribution in [2.45, 2.75) is 18.6 Å². The molecule has 2 heterocycles. The van der Waals surface area contributed by atoms with Gasteiger partial charge in [-0.15, -0.1) is 0 Å². The van der Waals surface area contributed by atoms with Gasteiger partial charge in [-0.2, -0.15) is 0 Å². The highest BCUT2D eigenvalue weighted by atomic mass is 16.5. The largest absolute Gasteiger partial charge is 0.497 e. The Labute approximate surface area is 175 Å². The third-order valence-corrected chi connectivity index (χ3v) is 6.02. The Morgan fingerprint density at radius 1 is 1.20 bits per heavy atom. The number of aliphatic hydroxyl groups excluding tert-OH is 1. The summed E-state index contributed by atoms with van der Waals surface area (Å²) in [5, 5.41) is 15.2. The fourth-order valence-corrected chi connectivity index (χ4v) is 4.19. The van der Waals surface area contributed by atoms with E-state index < -0.39 is 17.7 Å². The normalized spacial score (nSPS) is 23.6. The van der Waals surface area contributed by atoms with E-state index in [1.165, 1.54) is 4.90 Å². The molecule has 3 amide bonds. The number of hydrogen-bond acceptors (Lipinski definition) is 5. The van der Waals surface area contributed by atoms with Gasteiger partial charge in [0.05, 0.1) is 26.9 Å². The Morgan fingerprint density at radius 3 is 2.63 bits per heavy atom. The van der Waals surface area contributed by atoms with Crippen LogP contribution in [0, 0.1) is 0 Å². The second-order valence-electron chi connectivity index (χ2n) is 8.12. The molecule has 3 N–H and O–H groups in total.